The summed E-state index contributed by atoms with van der Waals surface area (Å²) < 4.78 is 2.09. The second-order valence-electron chi connectivity index (χ2n) is 4.63. The molecular weight excluding hydrogens is 216 g/mol. The summed E-state index contributed by atoms with van der Waals surface area (Å²) in [7, 11) is 1.99. The quantitative estimate of drug-likeness (QED) is 0.735. The molecule has 3 N–H and O–H groups in total. The number of carboxylic acids is 1. The molecule has 1 aromatic heterocycles. The summed E-state index contributed by atoms with van der Waals surface area (Å²) >= 11 is 0. The molecule has 0 aliphatic heterocycles. The van der Waals surface area contributed by atoms with Gasteiger partial charge in [-0.2, -0.15) is 0 Å². The van der Waals surface area contributed by atoms with Crippen molar-refractivity contribution in [2.75, 3.05) is 5.73 Å². The first-order chi connectivity index (χ1) is 8.09. The van der Waals surface area contributed by atoms with Crippen LogP contribution in [0.4, 0.5) is 5.69 Å². The summed E-state index contributed by atoms with van der Waals surface area (Å²) in [6.45, 7) is 0. The van der Waals surface area contributed by atoms with E-state index in [0.717, 1.165) is 28.6 Å². The third-order valence-corrected chi connectivity index (χ3v) is 3.70. The van der Waals surface area contributed by atoms with Crippen LogP contribution in [0.1, 0.15) is 23.6 Å². The maximum absolute atomic E-state index is 11.3. The highest BCUT2D eigenvalue weighted by molar-refractivity contribution is 5.94. The molecule has 0 radical (unpaired) electrons. The number of aryl methyl sites for hydroxylation is 1. The predicted octanol–water partition coefficient (Wildman–Crippen LogP) is 1.87. The van der Waals surface area contributed by atoms with Crippen LogP contribution < -0.4 is 5.73 Å². The van der Waals surface area contributed by atoms with Gasteiger partial charge in [-0.25, -0.2) is 0 Å². The van der Waals surface area contributed by atoms with Gasteiger partial charge in [-0.3, -0.25) is 4.79 Å². The van der Waals surface area contributed by atoms with E-state index in [1.165, 1.54) is 0 Å². The van der Waals surface area contributed by atoms with Gasteiger partial charge in [0.25, 0.3) is 0 Å². The fourth-order valence-corrected chi connectivity index (χ4v) is 2.91. The second kappa shape index (κ2) is 3.26. The van der Waals surface area contributed by atoms with Crippen LogP contribution in [0.15, 0.2) is 18.2 Å². The summed E-state index contributed by atoms with van der Waals surface area (Å²) in [5.74, 6) is -1.12. The molecule has 0 spiro atoms. The molecule has 2 aromatic rings. The van der Waals surface area contributed by atoms with Crippen molar-refractivity contribution in [1.82, 2.24) is 4.57 Å². The van der Waals surface area contributed by atoms with Crippen molar-refractivity contribution in [3.05, 3.63) is 29.5 Å². The van der Waals surface area contributed by atoms with Crippen LogP contribution in [-0.4, -0.2) is 15.6 Å². The number of nitrogens with two attached hydrogens (primary N) is 1. The van der Waals surface area contributed by atoms with Gasteiger partial charge < -0.3 is 15.4 Å². The highest BCUT2D eigenvalue weighted by Gasteiger charge is 2.33. The number of carbonyl (C=O) groups is 1. The van der Waals surface area contributed by atoms with Crippen molar-refractivity contribution in [3.63, 3.8) is 0 Å². The van der Waals surface area contributed by atoms with E-state index >= 15 is 0 Å². The van der Waals surface area contributed by atoms with Crippen molar-refractivity contribution < 1.29 is 9.90 Å². The number of hydrogen-bond donors (Lipinski definition) is 2. The molecule has 3 rings (SSSR count). The Balaban J connectivity index is 2.36. The lowest BCUT2D eigenvalue weighted by atomic mass is 10.0. The molecule has 17 heavy (non-hydrogen) atoms. The normalized spacial score (nSPS) is 18.5. The summed E-state index contributed by atoms with van der Waals surface area (Å²) in [5, 5.41) is 10.3. The molecule has 1 heterocycles. The lowest BCUT2D eigenvalue weighted by molar-refractivity contribution is -0.138. The van der Waals surface area contributed by atoms with E-state index in [1.807, 2.05) is 25.2 Å². The first kappa shape index (κ1) is 10.2. The zero-order chi connectivity index (χ0) is 12.2. The first-order valence-electron chi connectivity index (χ1n) is 5.69. The molecule has 88 valence electrons. The Kier molecular flexibility index (Phi) is 1.96. The number of aliphatic carboxylic acids is 1. The van der Waals surface area contributed by atoms with Gasteiger partial charge in [0.1, 0.15) is 0 Å². The monoisotopic (exact) mass is 230 g/mol. The Morgan fingerprint density at radius 2 is 2.29 bits per heavy atom. The summed E-state index contributed by atoms with van der Waals surface area (Å²) in [6.07, 6.45) is 1.52. The predicted molar refractivity (Wildman–Crippen MR) is 66.0 cm³/mol. The number of nitrogen functional groups attached to an aromatic ring is 1. The SMILES string of the molecule is Cn1c2c(c3cc(N)ccc31)C(C(=O)O)CC2. The Bertz CT molecular complexity index is 628. The van der Waals surface area contributed by atoms with Gasteiger partial charge in [-0.15, -0.1) is 0 Å². The number of aromatic nitrogens is 1. The molecule has 1 unspecified atom stereocenters. The zero-order valence-corrected chi connectivity index (χ0v) is 9.60. The molecule has 1 aliphatic rings. The van der Waals surface area contributed by atoms with Crippen molar-refractivity contribution in [3.8, 4) is 0 Å². The highest BCUT2D eigenvalue weighted by atomic mass is 16.4. The molecule has 1 atom stereocenters. The highest BCUT2D eigenvalue weighted by Crippen LogP contribution is 2.40. The Labute approximate surface area is 98.6 Å². The molecule has 0 saturated carbocycles. The summed E-state index contributed by atoms with van der Waals surface area (Å²) in [4.78, 5) is 11.3. The summed E-state index contributed by atoms with van der Waals surface area (Å²) in [5.41, 5.74) is 9.64. The van der Waals surface area contributed by atoms with E-state index in [9.17, 15) is 9.90 Å². The van der Waals surface area contributed by atoms with Gasteiger partial charge in [-0.05, 0) is 36.6 Å². The number of carboxylic acid groups (broad SMARTS) is 1. The van der Waals surface area contributed by atoms with E-state index in [1.54, 1.807) is 0 Å². The molecular formula is C13H14N2O2. The zero-order valence-electron chi connectivity index (χ0n) is 9.60. The molecule has 1 aromatic carbocycles. The van der Waals surface area contributed by atoms with Crippen LogP contribution in [0, 0.1) is 0 Å². The van der Waals surface area contributed by atoms with E-state index < -0.39 is 5.97 Å². The lowest BCUT2D eigenvalue weighted by Crippen LogP contribution is -2.07. The Morgan fingerprint density at radius 3 is 3.00 bits per heavy atom. The fourth-order valence-electron chi connectivity index (χ4n) is 2.91. The van der Waals surface area contributed by atoms with Gasteiger partial charge in [0, 0.05) is 29.3 Å². The largest absolute Gasteiger partial charge is 0.481 e. The number of benzene rings is 1. The average Bonchev–Trinajstić information content (AvgIpc) is 2.80. The standard InChI is InChI=1S/C13H14N2O2/c1-15-10-4-2-7(14)6-9(10)12-8(13(16)17)3-5-11(12)15/h2,4,6,8H,3,5,14H2,1H3,(H,16,17). The number of hydrogen-bond acceptors (Lipinski definition) is 2. The molecule has 0 saturated heterocycles. The minimum absolute atomic E-state index is 0.379. The summed E-state index contributed by atoms with van der Waals surface area (Å²) in [6, 6.07) is 5.70. The van der Waals surface area contributed by atoms with Crippen LogP contribution in [0.5, 0.6) is 0 Å². The lowest BCUT2D eigenvalue weighted by Gasteiger charge is -2.05. The number of anilines is 1. The van der Waals surface area contributed by atoms with Gasteiger partial charge in [0.15, 0.2) is 0 Å². The van der Waals surface area contributed by atoms with Crippen molar-refractivity contribution >= 4 is 22.6 Å². The smallest absolute Gasteiger partial charge is 0.311 e. The van der Waals surface area contributed by atoms with Crippen LogP contribution in [0.3, 0.4) is 0 Å². The van der Waals surface area contributed by atoms with Gasteiger partial charge in [-0.1, -0.05) is 0 Å². The van der Waals surface area contributed by atoms with Crippen molar-refractivity contribution in [2.24, 2.45) is 7.05 Å². The molecule has 4 heteroatoms. The van der Waals surface area contributed by atoms with Crippen molar-refractivity contribution in [2.45, 2.75) is 18.8 Å². The Morgan fingerprint density at radius 1 is 1.53 bits per heavy atom. The fraction of sp³-hybridized carbons (Fsp3) is 0.308. The van der Waals surface area contributed by atoms with Gasteiger partial charge >= 0.3 is 5.97 Å². The average molecular weight is 230 g/mol. The number of rotatable bonds is 1. The van der Waals surface area contributed by atoms with E-state index in [4.69, 9.17) is 5.73 Å². The van der Waals surface area contributed by atoms with Crippen LogP contribution >= 0.6 is 0 Å². The second-order valence-corrected chi connectivity index (χ2v) is 4.63. The Hall–Kier alpha value is -1.97. The minimum Gasteiger partial charge on any atom is -0.481 e. The van der Waals surface area contributed by atoms with E-state index in [0.29, 0.717) is 12.1 Å². The molecule has 0 bridgehead atoms. The minimum atomic E-state index is -0.737. The number of fused-ring (bicyclic) bond motifs is 3. The van der Waals surface area contributed by atoms with Crippen molar-refractivity contribution in [1.29, 1.82) is 0 Å². The maximum Gasteiger partial charge on any atom is 0.311 e. The van der Waals surface area contributed by atoms with Gasteiger partial charge in [0.05, 0.1) is 5.92 Å². The van der Waals surface area contributed by atoms with Crippen LogP contribution in [0.2, 0.25) is 0 Å². The topological polar surface area (TPSA) is 68.2 Å². The number of nitrogens with zero attached hydrogens (tertiary/aromatic N) is 1. The van der Waals surface area contributed by atoms with Gasteiger partial charge in [0.2, 0.25) is 0 Å². The van der Waals surface area contributed by atoms with E-state index in [-0.39, 0.29) is 5.92 Å². The maximum atomic E-state index is 11.3. The molecule has 1 aliphatic carbocycles. The third-order valence-electron chi connectivity index (χ3n) is 3.70. The van der Waals surface area contributed by atoms with Crippen LogP contribution in [0.25, 0.3) is 10.9 Å². The third kappa shape index (κ3) is 1.27. The molecule has 0 fully saturated rings. The van der Waals surface area contributed by atoms with E-state index in [2.05, 4.69) is 4.57 Å². The van der Waals surface area contributed by atoms with Crippen LogP contribution in [-0.2, 0) is 18.3 Å². The first-order valence-corrected chi connectivity index (χ1v) is 5.69. The molecule has 4 nitrogen and oxygen atoms in total. The molecule has 0 amide bonds.